The molecular weight excluding hydrogens is 254 g/mol. The maximum absolute atomic E-state index is 11.8. The first-order valence-corrected chi connectivity index (χ1v) is 6.64. The number of nitrogens with one attached hydrogen (secondary N) is 1. The Kier molecular flexibility index (Phi) is 5.97. The van der Waals surface area contributed by atoms with Crippen LogP contribution in [0.5, 0.6) is 0 Å². The van der Waals surface area contributed by atoms with Crippen molar-refractivity contribution in [2.24, 2.45) is 0 Å². The van der Waals surface area contributed by atoms with Gasteiger partial charge in [0.15, 0.2) is 6.61 Å². The molecule has 0 spiro atoms. The van der Waals surface area contributed by atoms with Crippen LogP contribution in [-0.2, 0) is 20.7 Å². The summed E-state index contributed by atoms with van der Waals surface area (Å²) < 4.78 is 4.87. The van der Waals surface area contributed by atoms with E-state index in [0.717, 1.165) is 28.8 Å². The van der Waals surface area contributed by atoms with Gasteiger partial charge < -0.3 is 10.1 Å². The Morgan fingerprint density at radius 1 is 1.30 bits per heavy atom. The summed E-state index contributed by atoms with van der Waals surface area (Å²) in [4.78, 5) is 23.1. The third-order valence-electron chi connectivity index (χ3n) is 2.76. The SMILES string of the molecule is CCc1cccc(C)c1NC(=O)COC(=O)C=C(C)C. The Morgan fingerprint density at radius 3 is 2.60 bits per heavy atom. The average molecular weight is 275 g/mol. The van der Waals surface area contributed by atoms with Crippen LogP contribution in [0.15, 0.2) is 29.8 Å². The van der Waals surface area contributed by atoms with Crippen molar-refractivity contribution in [2.45, 2.75) is 34.1 Å². The summed E-state index contributed by atoms with van der Waals surface area (Å²) in [5, 5.41) is 2.80. The molecule has 4 heteroatoms. The summed E-state index contributed by atoms with van der Waals surface area (Å²) in [7, 11) is 0. The summed E-state index contributed by atoms with van der Waals surface area (Å²) in [6.07, 6.45) is 2.19. The van der Waals surface area contributed by atoms with Gasteiger partial charge in [0.2, 0.25) is 0 Å². The number of carbonyl (C=O) groups is 2. The van der Waals surface area contributed by atoms with Crippen molar-refractivity contribution in [2.75, 3.05) is 11.9 Å². The van der Waals surface area contributed by atoms with Gasteiger partial charge in [-0.05, 0) is 38.3 Å². The second kappa shape index (κ2) is 7.48. The van der Waals surface area contributed by atoms with Gasteiger partial charge in [-0.2, -0.15) is 0 Å². The molecular formula is C16H21NO3. The molecule has 0 aliphatic carbocycles. The Hall–Kier alpha value is -2.10. The van der Waals surface area contributed by atoms with E-state index in [1.54, 1.807) is 13.8 Å². The number of esters is 1. The highest BCUT2D eigenvalue weighted by Crippen LogP contribution is 2.20. The molecule has 1 N–H and O–H groups in total. The van der Waals surface area contributed by atoms with Gasteiger partial charge in [-0.15, -0.1) is 0 Å². The van der Waals surface area contributed by atoms with Crippen molar-refractivity contribution < 1.29 is 14.3 Å². The highest BCUT2D eigenvalue weighted by Gasteiger charge is 2.10. The fraction of sp³-hybridized carbons (Fsp3) is 0.375. The smallest absolute Gasteiger partial charge is 0.331 e. The van der Waals surface area contributed by atoms with Gasteiger partial charge in [0.25, 0.3) is 5.91 Å². The summed E-state index contributed by atoms with van der Waals surface area (Å²) in [6, 6.07) is 5.86. The number of carbonyl (C=O) groups excluding carboxylic acids is 2. The summed E-state index contributed by atoms with van der Waals surface area (Å²) >= 11 is 0. The highest BCUT2D eigenvalue weighted by atomic mass is 16.5. The number of hydrogen-bond donors (Lipinski definition) is 1. The first-order valence-electron chi connectivity index (χ1n) is 6.64. The molecule has 0 fully saturated rings. The predicted molar refractivity (Wildman–Crippen MR) is 79.6 cm³/mol. The lowest BCUT2D eigenvalue weighted by atomic mass is 10.1. The van der Waals surface area contributed by atoms with Crippen LogP contribution in [0.1, 0.15) is 31.9 Å². The zero-order chi connectivity index (χ0) is 15.1. The van der Waals surface area contributed by atoms with Gasteiger partial charge in [0.1, 0.15) is 0 Å². The molecule has 1 amide bonds. The number of anilines is 1. The largest absolute Gasteiger partial charge is 0.452 e. The molecule has 1 rings (SSSR count). The van der Waals surface area contributed by atoms with E-state index in [9.17, 15) is 9.59 Å². The number of para-hydroxylation sites is 1. The minimum Gasteiger partial charge on any atom is -0.452 e. The van der Waals surface area contributed by atoms with Crippen molar-refractivity contribution in [3.05, 3.63) is 41.0 Å². The van der Waals surface area contributed by atoms with Gasteiger partial charge in [-0.3, -0.25) is 4.79 Å². The average Bonchev–Trinajstić information content (AvgIpc) is 2.38. The molecule has 20 heavy (non-hydrogen) atoms. The number of aryl methyl sites for hydroxylation is 2. The molecule has 0 radical (unpaired) electrons. The lowest BCUT2D eigenvalue weighted by molar-refractivity contribution is -0.142. The number of ether oxygens (including phenoxy) is 1. The standard InChI is InChI=1S/C16H21NO3/c1-5-13-8-6-7-12(4)16(13)17-14(18)10-20-15(19)9-11(2)3/h6-9H,5,10H2,1-4H3,(H,17,18). The molecule has 0 aliphatic rings. The summed E-state index contributed by atoms with van der Waals surface area (Å²) in [5.74, 6) is -0.829. The van der Waals surface area contributed by atoms with Crippen LogP contribution in [0.25, 0.3) is 0 Å². The van der Waals surface area contributed by atoms with E-state index in [4.69, 9.17) is 4.74 Å². The zero-order valence-electron chi connectivity index (χ0n) is 12.4. The monoisotopic (exact) mass is 275 g/mol. The van der Waals surface area contributed by atoms with E-state index in [2.05, 4.69) is 5.32 Å². The second-order valence-corrected chi connectivity index (χ2v) is 4.84. The molecule has 0 aliphatic heterocycles. The van der Waals surface area contributed by atoms with Crippen LogP contribution in [0.4, 0.5) is 5.69 Å². The molecule has 0 saturated carbocycles. The van der Waals surface area contributed by atoms with Crippen LogP contribution in [0.2, 0.25) is 0 Å². The van der Waals surface area contributed by atoms with Crippen molar-refractivity contribution in [1.29, 1.82) is 0 Å². The fourth-order valence-corrected chi connectivity index (χ4v) is 1.79. The maximum Gasteiger partial charge on any atom is 0.331 e. The highest BCUT2D eigenvalue weighted by molar-refractivity contribution is 5.95. The summed E-state index contributed by atoms with van der Waals surface area (Å²) in [5.41, 5.74) is 3.70. The molecule has 108 valence electrons. The molecule has 4 nitrogen and oxygen atoms in total. The molecule has 0 unspecified atom stereocenters. The van der Waals surface area contributed by atoms with E-state index in [0.29, 0.717) is 0 Å². The van der Waals surface area contributed by atoms with E-state index >= 15 is 0 Å². The quantitative estimate of drug-likeness (QED) is 0.664. The Bertz CT molecular complexity index is 529. The number of amides is 1. The third kappa shape index (κ3) is 4.88. The molecule has 0 bridgehead atoms. The Labute approximate surface area is 119 Å². The van der Waals surface area contributed by atoms with Crippen molar-refractivity contribution >= 4 is 17.6 Å². The lowest BCUT2D eigenvalue weighted by Crippen LogP contribution is -2.21. The van der Waals surface area contributed by atoms with Gasteiger partial charge in [0, 0.05) is 11.8 Å². The Balaban J connectivity index is 2.64. The van der Waals surface area contributed by atoms with Gasteiger partial charge in [-0.1, -0.05) is 30.7 Å². The van der Waals surface area contributed by atoms with Crippen LogP contribution in [0, 0.1) is 6.92 Å². The third-order valence-corrected chi connectivity index (χ3v) is 2.76. The van der Waals surface area contributed by atoms with E-state index in [1.165, 1.54) is 6.08 Å². The van der Waals surface area contributed by atoms with Crippen LogP contribution in [-0.4, -0.2) is 18.5 Å². The topological polar surface area (TPSA) is 55.4 Å². The minimum atomic E-state index is -0.499. The van der Waals surface area contributed by atoms with Crippen LogP contribution >= 0.6 is 0 Å². The number of rotatable bonds is 5. The van der Waals surface area contributed by atoms with E-state index in [1.807, 2.05) is 32.0 Å². The van der Waals surface area contributed by atoms with Crippen molar-refractivity contribution in [3.8, 4) is 0 Å². The van der Waals surface area contributed by atoms with E-state index in [-0.39, 0.29) is 12.5 Å². The van der Waals surface area contributed by atoms with Crippen molar-refractivity contribution in [1.82, 2.24) is 0 Å². The molecule has 1 aromatic rings. The number of hydrogen-bond acceptors (Lipinski definition) is 3. The first kappa shape index (κ1) is 16.0. The minimum absolute atomic E-state index is 0.278. The van der Waals surface area contributed by atoms with Gasteiger partial charge in [0.05, 0.1) is 0 Å². The summed E-state index contributed by atoms with van der Waals surface area (Å²) in [6.45, 7) is 7.27. The molecule has 0 heterocycles. The lowest BCUT2D eigenvalue weighted by Gasteiger charge is -2.12. The molecule has 1 aromatic carbocycles. The predicted octanol–water partition coefficient (Wildman–Crippen LogP) is 3.01. The molecule has 0 aromatic heterocycles. The fourth-order valence-electron chi connectivity index (χ4n) is 1.79. The normalized spacial score (nSPS) is 9.80. The van der Waals surface area contributed by atoms with Crippen molar-refractivity contribution in [3.63, 3.8) is 0 Å². The van der Waals surface area contributed by atoms with Gasteiger partial charge >= 0.3 is 5.97 Å². The molecule has 0 atom stereocenters. The maximum atomic E-state index is 11.8. The van der Waals surface area contributed by atoms with Gasteiger partial charge in [-0.25, -0.2) is 4.79 Å². The van der Waals surface area contributed by atoms with Crippen LogP contribution in [0.3, 0.4) is 0 Å². The Morgan fingerprint density at radius 2 is 2.00 bits per heavy atom. The number of benzene rings is 1. The molecule has 0 saturated heterocycles. The van der Waals surface area contributed by atoms with E-state index < -0.39 is 5.97 Å². The zero-order valence-corrected chi connectivity index (χ0v) is 12.4. The number of allylic oxidation sites excluding steroid dienone is 1. The van der Waals surface area contributed by atoms with Crippen LogP contribution < -0.4 is 5.32 Å². The second-order valence-electron chi connectivity index (χ2n) is 4.84. The first-order chi connectivity index (χ1) is 9.43.